The van der Waals surface area contributed by atoms with Crippen LogP contribution in [0.25, 0.3) is 0 Å². The van der Waals surface area contributed by atoms with E-state index in [-0.39, 0.29) is 29.6 Å². The molecule has 2 atom stereocenters. The minimum absolute atomic E-state index is 0.0150. The fraction of sp³-hybridized carbons (Fsp3) is 0.667. The second-order valence-electron chi connectivity index (χ2n) is 11.0. The molecule has 194 valence electrons. The Morgan fingerprint density at radius 2 is 1.71 bits per heavy atom. The molecule has 2 aliphatic carbocycles. The number of nitrogens with one attached hydrogen (secondary N) is 2. The zero-order chi connectivity index (χ0) is 25.8. The van der Waals surface area contributed by atoms with Crippen LogP contribution in [-0.2, 0) is 14.3 Å². The molecule has 8 nitrogen and oxygen atoms in total. The number of carbonyl (C=O) groups excluding carboxylic acids is 3. The van der Waals surface area contributed by atoms with Crippen molar-refractivity contribution in [3.05, 3.63) is 29.3 Å². The van der Waals surface area contributed by atoms with Crippen LogP contribution >= 0.6 is 0 Å². The molecule has 1 aromatic carbocycles. The topological polar surface area (TPSA) is 108 Å². The van der Waals surface area contributed by atoms with Crippen LogP contribution in [0.5, 0.6) is 5.75 Å². The second-order valence-corrected chi connectivity index (χ2v) is 11.0. The molecule has 3 N–H and O–H groups in total. The van der Waals surface area contributed by atoms with Gasteiger partial charge in [0.1, 0.15) is 23.4 Å². The average molecular weight is 488 g/mol. The lowest BCUT2D eigenvalue weighted by Crippen LogP contribution is -2.57. The summed E-state index contributed by atoms with van der Waals surface area (Å²) < 4.78 is 5.33. The van der Waals surface area contributed by atoms with Crippen molar-refractivity contribution < 1.29 is 24.2 Å². The molecule has 3 amide bonds. The van der Waals surface area contributed by atoms with E-state index in [4.69, 9.17) is 4.74 Å². The van der Waals surface area contributed by atoms with Gasteiger partial charge in [-0.2, -0.15) is 0 Å². The van der Waals surface area contributed by atoms with Crippen LogP contribution in [0.1, 0.15) is 96.2 Å². The summed E-state index contributed by atoms with van der Waals surface area (Å²) in [5.74, 6) is -0.644. The zero-order valence-corrected chi connectivity index (χ0v) is 21.7. The number of aryl methyl sites for hydroxylation is 1. The lowest BCUT2D eigenvalue weighted by molar-refractivity contribution is -0.147. The predicted octanol–water partition coefficient (Wildman–Crippen LogP) is 4.48. The molecule has 0 radical (unpaired) electrons. The maximum absolute atomic E-state index is 13.8. The Kier molecular flexibility index (Phi) is 8.67. The van der Waals surface area contributed by atoms with E-state index < -0.39 is 23.8 Å². The molecule has 0 spiro atoms. The standard InChI is InChI=1S/C27H41N3O5/c1-17-11-9-16-21(23(17)31)22(24(32)29-19-12-7-6-8-13-19)30(20-14-10-15-20)25(33)18(2)28-26(34)35-27(3,4)5/h9,11,16,18-20,22,31H,6-8,10,12-15H2,1-5H3,(H,28,34)(H,29,32). The van der Waals surface area contributed by atoms with Gasteiger partial charge in [-0.15, -0.1) is 0 Å². The van der Waals surface area contributed by atoms with E-state index in [9.17, 15) is 19.5 Å². The summed E-state index contributed by atoms with van der Waals surface area (Å²) in [6.07, 6.45) is 6.91. The Labute approximate surface area is 208 Å². The number of benzene rings is 1. The number of aromatic hydroxyl groups is 1. The minimum atomic E-state index is -0.988. The van der Waals surface area contributed by atoms with Crippen LogP contribution in [0.4, 0.5) is 4.79 Å². The number of para-hydroxylation sites is 1. The minimum Gasteiger partial charge on any atom is -0.507 e. The second kappa shape index (κ2) is 11.3. The molecule has 2 unspecified atom stereocenters. The Morgan fingerprint density at radius 3 is 2.29 bits per heavy atom. The first kappa shape index (κ1) is 26.8. The number of ether oxygens (including phenoxy) is 1. The molecule has 3 rings (SSSR count). The predicted molar refractivity (Wildman–Crippen MR) is 134 cm³/mol. The molecule has 0 aliphatic heterocycles. The number of amides is 3. The summed E-state index contributed by atoms with van der Waals surface area (Å²) in [5, 5.41) is 16.7. The van der Waals surface area contributed by atoms with Gasteiger partial charge in [-0.25, -0.2) is 4.79 Å². The van der Waals surface area contributed by atoms with Gasteiger partial charge in [0.05, 0.1) is 0 Å². The third-order valence-electron chi connectivity index (χ3n) is 6.87. The Hall–Kier alpha value is -2.77. The number of carbonyl (C=O) groups is 3. The van der Waals surface area contributed by atoms with Crippen molar-refractivity contribution in [1.82, 2.24) is 15.5 Å². The highest BCUT2D eigenvalue weighted by atomic mass is 16.6. The Balaban J connectivity index is 1.92. The molecule has 2 aliphatic rings. The number of rotatable bonds is 7. The summed E-state index contributed by atoms with van der Waals surface area (Å²) in [4.78, 5) is 41.5. The molecule has 0 heterocycles. The van der Waals surface area contributed by atoms with E-state index >= 15 is 0 Å². The molecule has 2 fully saturated rings. The normalized spacial score (nSPS) is 18.7. The molecule has 0 bridgehead atoms. The first-order valence-electron chi connectivity index (χ1n) is 12.9. The number of nitrogens with zero attached hydrogens (tertiary/aromatic N) is 1. The van der Waals surface area contributed by atoms with Crippen molar-refractivity contribution in [2.75, 3.05) is 0 Å². The van der Waals surface area contributed by atoms with Crippen LogP contribution in [0.15, 0.2) is 18.2 Å². The van der Waals surface area contributed by atoms with Gasteiger partial charge in [0, 0.05) is 17.6 Å². The molecule has 0 saturated heterocycles. The Morgan fingerprint density at radius 1 is 1.06 bits per heavy atom. The highest BCUT2D eigenvalue weighted by molar-refractivity contribution is 5.92. The van der Waals surface area contributed by atoms with E-state index in [1.165, 1.54) is 0 Å². The fourth-order valence-electron chi connectivity index (χ4n) is 4.80. The summed E-state index contributed by atoms with van der Waals surface area (Å²) in [6.45, 7) is 8.64. The van der Waals surface area contributed by atoms with Crippen LogP contribution in [-0.4, -0.2) is 51.6 Å². The van der Waals surface area contributed by atoms with Crippen molar-refractivity contribution in [3.8, 4) is 5.75 Å². The number of hydrogen-bond acceptors (Lipinski definition) is 5. The summed E-state index contributed by atoms with van der Waals surface area (Å²) >= 11 is 0. The summed E-state index contributed by atoms with van der Waals surface area (Å²) in [5.41, 5.74) is 0.345. The highest BCUT2D eigenvalue weighted by Gasteiger charge is 2.42. The maximum atomic E-state index is 13.8. The van der Waals surface area contributed by atoms with E-state index in [0.717, 1.165) is 51.4 Å². The highest BCUT2D eigenvalue weighted by Crippen LogP contribution is 2.38. The molecule has 2 saturated carbocycles. The third kappa shape index (κ3) is 6.89. The SMILES string of the molecule is Cc1cccc(C(C(=O)NC2CCCCC2)N(C(=O)C(C)NC(=O)OC(C)(C)C)C2CCC2)c1O. The van der Waals surface area contributed by atoms with Crippen molar-refractivity contribution in [2.24, 2.45) is 0 Å². The molecular weight excluding hydrogens is 446 g/mol. The number of phenols is 1. The van der Waals surface area contributed by atoms with E-state index in [2.05, 4.69) is 10.6 Å². The molecular formula is C27H41N3O5. The largest absolute Gasteiger partial charge is 0.507 e. The van der Waals surface area contributed by atoms with Gasteiger partial charge in [0.25, 0.3) is 0 Å². The number of phenolic OH excluding ortho intramolecular Hbond substituents is 1. The molecule has 35 heavy (non-hydrogen) atoms. The third-order valence-corrected chi connectivity index (χ3v) is 6.87. The van der Waals surface area contributed by atoms with Gasteiger partial charge >= 0.3 is 6.09 Å². The van der Waals surface area contributed by atoms with Gasteiger partial charge in [-0.05, 0) is 72.3 Å². The van der Waals surface area contributed by atoms with Gasteiger partial charge < -0.3 is 25.4 Å². The van der Waals surface area contributed by atoms with Crippen molar-refractivity contribution in [1.29, 1.82) is 0 Å². The van der Waals surface area contributed by atoms with Crippen molar-refractivity contribution in [3.63, 3.8) is 0 Å². The van der Waals surface area contributed by atoms with Crippen LogP contribution in [0.3, 0.4) is 0 Å². The lowest BCUT2D eigenvalue weighted by atomic mass is 9.87. The van der Waals surface area contributed by atoms with Crippen LogP contribution in [0.2, 0.25) is 0 Å². The molecule has 0 aromatic heterocycles. The van der Waals surface area contributed by atoms with Gasteiger partial charge in [0.2, 0.25) is 11.8 Å². The van der Waals surface area contributed by atoms with Crippen LogP contribution < -0.4 is 10.6 Å². The summed E-state index contributed by atoms with van der Waals surface area (Å²) in [7, 11) is 0. The quantitative estimate of drug-likeness (QED) is 0.525. The monoisotopic (exact) mass is 487 g/mol. The fourth-order valence-corrected chi connectivity index (χ4v) is 4.80. The van der Waals surface area contributed by atoms with E-state index in [1.54, 1.807) is 57.7 Å². The van der Waals surface area contributed by atoms with Gasteiger partial charge in [-0.1, -0.05) is 37.5 Å². The lowest BCUT2D eigenvalue weighted by Gasteiger charge is -2.43. The van der Waals surface area contributed by atoms with Crippen LogP contribution in [0, 0.1) is 6.92 Å². The van der Waals surface area contributed by atoms with E-state index in [0.29, 0.717) is 11.1 Å². The van der Waals surface area contributed by atoms with E-state index in [1.807, 2.05) is 0 Å². The van der Waals surface area contributed by atoms with Crippen molar-refractivity contribution in [2.45, 2.75) is 116 Å². The summed E-state index contributed by atoms with van der Waals surface area (Å²) in [6, 6.07) is 3.29. The van der Waals surface area contributed by atoms with Crippen molar-refractivity contribution >= 4 is 17.9 Å². The van der Waals surface area contributed by atoms with Gasteiger partial charge in [-0.3, -0.25) is 9.59 Å². The zero-order valence-electron chi connectivity index (χ0n) is 21.7. The smallest absolute Gasteiger partial charge is 0.408 e. The average Bonchev–Trinajstić information content (AvgIpc) is 2.73. The number of hydrogen-bond donors (Lipinski definition) is 3. The maximum Gasteiger partial charge on any atom is 0.408 e. The Bertz CT molecular complexity index is 916. The molecule has 1 aromatic rings. The molecule has 8 heteroatoms. The first-order chi connectivity index (χ1) is 16.5. The van der Waals surface area contributed by atoms with Gasteiger partial charge in [0.15, 0.2) is 0 Å². The number of alkyl carbamates (subject to hydrolysis) is 1. The first-order valence-corrected chi connectivity index (χ1v) is 12.9.